The third kappa shape index (κ3) is 1.84. The van der Waals surface area contributed by atoms with Gasteiger partial charge in [-0.2, -0.15) is 0 Å². The van der Waals surface area contributed by atoms with Gasteiger partial charge in [-0.1, -0.05) is 6.08 Å². The first-order chi connectivity index (χ1) is 4.64. The lowest BCUT2D eigenvalue weighted by atomic mass is 9.89. The van der Waals surface area contributed by atoms with Crippen LogP contribution in [0.25, 0.3) is 0 Å². The molecular formula is C9H16O. The molecule has 1 heteroatoms. The number of allylic oxidation sites excluding steroid dienone is 1. The zero-order valence-electron chi connectivity index (χ0n) is 6.89. The van der Waals surface area contributed by atoms with Gasteiger partial charge in [-0.3, -0.25) is 0 Å². The highest BCUT2D eigenvalue weighted by atomic mass is 16.5. The molecule has 1 rings (SSSR count). The molecule has 1 unspecified atom stereocenters. The Morgan fingerprint density at radius 2 is 2.30 bits per heavy atom. The van der Waals surface area contributed by atoms with E-state index in [2.05, 4.69) is 20.4 Å². The first-order valence-electron chi connectivity index (χ1n) is 3.90. The van der Waals surface area contributed by atoms with Crippen molar-refractivity contribution < 1.29 is 4.74 Å². The second kappa shape index (κ2) is 2.75. The zero-order valence-corrected chi connectivity index (χ0v) is 6.89. The van der Waals surface area contributed by atoms with E-state index in [0.29, 0.717) is 5.92 Å². The summed E-state index contributed by atoms with van der Waals surface area (Å²) in [6.45, 7) is 8.97. The Morgan fingerprint density at radius 3 is 2.70 bits per heavy atom. The average Bonchev–Trinajstić information content (AvgIpc) is 1.86. The summed E-state index contributed by atoms with van der Waals surface area (Å²) >= 11 is 0. The van der Waals surface area contributed by atoms with Crippen molar-refractivity contribution in [3.05, 3.63) is 12.7 Å². The van der Waals surface area contributed by atoms with E-state index in [9.17, 15) is 0 Å². The Bertz CT molecular complexity index is 127. The van der Waals surface area contributed by atoms with Gasteiger partial charge in [-0.15, -0.1) is 6.58 Å². The van der Waals surface area contributed by atoms with E-state index in [4.69, 9.17) is 4.74 Å². The van der Waals surface area contributed by atoms with Gasteiger partial charge in [0.1, 0.15) is 0 Å². The Kier molecular flexibility index (Phi) is 2.14. The maximum absolute atomic E-state index is 5.55. The Hall–Kier alpha value is -0.300. The molecule has 1 heterocycles. The van der Waals surface area contributed by atoms with Crippen LogP contribution in [0, 0.1) is 5.92 Å². The minimum absolute atomic E-state index is 0.0805. The molecule has 0 amide bonds. The summed E-state index contributed by atoms with van der Waals surface area (Å²) < 4.78 is 5.55. The van der Waals surface area contributed by atoms with Gasteiger partial charge in [-0.25, -0.2) is 0 Å². The van der Waals surface area contributed by atoms with Crippen LogP contribution < -0.4 is 0 Å². The number of hydrogen-bond donors (Lipinski definition) is 0. The highest BCUT2D eigenvalue weighted by Gasteiger charge is 2.26. The Balaban J connectivity index is 2.47. The molecule has 0 radical (unpaired) electrons. The monoisotopic (exact) mass is 140 g/mol. The molecule has 0 aromatic heterocycles. The molecule has 0 saturated carbocycles. The Labute approximate surface area is 63.1 Å². The Morgan fingerprint density at radius 1 is 1.60 bits per heavy atom. The quantitative estimate of drug-likeness (QED) is 0.508. The molecule has 0 aromatic rings. The molecule has 1 saturated heterocycles. The van der Waals surface area contributed by atoms with Crippen molar-refractivity contribution >= 4 is 0 Å². The lowest BCUT2D eigenvalue weighted by molar-refractivity contribution is -0.0644. The fourth-order valence-electron chi connectivity index (χ4n) is 1.48. The van der Waals surface area contributed by atoms with E-state index in [1.54, 1.807) is 0 Å². The van der Waals surface area contributed by atoms with Crippen LogP contribution >= 0.6 is 0 Å². The van der Waals surface area contributed by atoms with Crippen molar-refractivity contribution in [2.45, 2.75) is 32.3 Å². The van der Waals surface area contributed by atoms with Crippen LogP contribution in [-0.2, 0) is 4.74 Å². The number of hydrogen-bond acceptors (Lipinski definition) is 1. The molecule has 1 nitrogen and oxygen atoms in total. The topological polar surface area (TPSA) is 9.23 Å². The van der Waals surface area contributed by atoms with Crippen molar-refractivity contribution in [3.63, 3.8) is 0 Å². The van der Waals surface area contributed by atoms with Crippen molar-refractivity contribution in [1.29, 1.82) is 0 Å². The van der Waals surface area contributed by atoms with Gasteiger partial charge in [0, 0.05) is 6.61 Å². The van der Waals surface area contributed by atoms with Crippen LogP contribution in [0.5, 0.6) is 0 Å². The van der Waals surface area contributed by atoms with Gasteiger partial charge >= 0.3 is 0 Å². The van der Waals surface area contributed by atoms with Crippen LogP contribution in [0.4, 0.5) is 0 Å². The van der Waals surface area contributed by atoms with Crippen molar-refractivity contribution in [1.82, 2.24) is 0 Å². The van der Waals surface area contributed by atoms with Crippen LogP contribution in [0.15, 0.2) is 12.7 Å². The normalized spacial score (nSPS) is 31.6. The average molecular weight is 140 g/mol. The van der Waals surface area contributed by atoms with Crippen LogP contribution in [0.3, 0.4) is 0 Å². The smallest absolute Gasteiger partial charge is 0.0632 e. The number of rotatable bonds is 1. The summed E-state index contributed by atoms with van der Waals surface area (Å²) in [4.78, 5) is 0. The van der Waals surface area contributed by atoms with Gasteiger partial charge < -0.3 is 4.74 Å². The summed E-state index contributed by atoms with van der Waals surface area (Å²) in [5, 5.41) is 0. The predicted molar refractivity (Wildman–Crippen MR) is 43.0 cm³/mol. The van der Waals surface area contributed by atoms with Crippen LogP contribution in [0.1, 0.15) is 26.7 Å². The van der Waals surface area contributed by atoms with Gasteiger partial charge in [0.2, 0.25) is 0 Å². The fourth-order valence-corrected chi connectivity index (χ4v) is 1.48. The summed E-state index contributed by atoms with van der Waals surface area (Å²) in [6.07, 6.45) is 4.31. The predicted octanol–water partition coefficient (Wildman–Crippen LogP) is 2.38. The number of ether oxygens (including phenoxy) is 1. The van der Waals surface area contributed by atoms with Gasteiger partial charge in [0.25, 0.3) is 0 Å². The second-order valence-electron chi connectivity index (χ2n) is 3.60. The lowest BCUT2D eigenvalue weighted by Crippen LogP contribution is -2.33. The maximum Gasteiger partial charge on any atom is 0.0632 e. The van der Waals surface area contributed by atoms with Crippen LogP contribution in [-0.4, -0.2) is 12.2 Å². The van der Waals surface area contributed by atoms with E-state index in [1.807, 2.05) is 6.08 Å². The highest BCUT2D eigenvalue weighted by molar-refractivity contribution is 4.87. The first kappa shape index (κ1) is 7.80. The molecule has 10 heavy (non-hydrogen) atoms. The molecule has 0 spiro atoms. The largest absolute Gasteiger partial charge is 0.376 e. The molecule has 58 valence electrons. The van der Waals surface area contributed by atoms with Gasteiger partial charge in [0.05, 0.1) is 5.60 Å². The molecule has 0 N–H and O–H groups in total. The molecule has 1 aliphatic rings. The second-order valence-corrected chi connectivity index (χ2v) is 3.60. The van der Waals surface area contributed by atoms with Gasteiger partial charge in [0.15, 0.2) is 0 Å². The summed E-state index contributed by atoms with van der Waals surface area (Å²) in [6, 6.07) is 0. The summed E-state index contributed by atoms with van der Waals surface area (Å²) in [7, 11) is 0. The molecule has 1 atom stereocenters. The molecule has 0 aromatic carbocycles. The van der Waals surface area contributed by atoms with E-state index in [-0.39, 0.29) is 5.60 Å². The first-order valence-corrected chi connectivity index (χ1v) is 3.90. The standard InChI is InChI=1S/C9H16O/c1-4-8-5-6-10-9(2,3)7-8/h4,8H,1,5-7H2,2-3H3. The fraction of sp³-hybridized carbons (Fsp3) is 0.778. The molecule has 0 bridgehead atoms. The van der Waals surface area contributed by atoms with E-state index >= 15 is 0 Å². The molecule has 1 aliphatic heterocycles. The lowest BCUT2D eigenvalue weighted by Gasteiger charge is -2.34. The summed E-state index contributed by atoms with van der Waals surface area (Å²) in [5.41, 5.74) is 0.0805. The zero-order chi connectivity index (χ0) is 7.61. The molecule has 1 fully saturated rings. The van der Waals surface area contributed by atoms with E-state index in [1.165, 1.54) is 0 Å². The summed E-state index contributed by atoms with van der Waals surface area (Å²) in [5.74, 6) is 0.670. The third-order valence-corrected chi connectivity index (χ3v) is 2.07. The van der Waals surface area contributed by atoms with Crippen LogP contribution in [0.2, 0.25) is 0 Å². The molecule has 0 aliphatic carbocycles. The van der Waals surface area contributed by atoms with Gasteiger partial charge in [-0.05, 0) is 32.6 Å². The third-order valence-electron chi connectivity index (χ3n) is 2.07. The van der Waals surface area contributed by atoms with Crippen molar-refractivity contribution in [2.24, 2.45) is 5.92 Å². The van der Waals surface area contributed by atoms with Crippen molar-refractivity contribution in [2.75, 3.05) is 6.61 Å². The minimum atomic E-state index is 0.0805. The SMILES string of the molecule is C=CC1CCOC(C)(C)C1. The minimum Gasteiger partial charge on any atom is -0.376 e. The van der Waals surface area contributed by atoms with Crippen molar-refractivity contribution in [3.8, 4) is 0 Å². The highest BCUT2D eigenvalue weighted by Crippen LogP contribution is 2.28. The molecular weight excluding hydrogens is 124 g/mol. The maximum atomic E-state index is 5.55. The van der Waals surface area contributed by atoms with E-state index < -0.39 is 0 Å². The van der Waals surface area contributed by atoms with E-state index in [0.717, 1.165) is 19.4 Å².